The smallest absolute Gasteiger partial charge is 0.285 e. The molecule has 1 atom stereocenters. The van der Waals surface area contributed by atoms with Crippen LogP contribution in [-0.2, 0) is 9.73 Å². The summed E-state index contributed by atoms with van der Waals surface area (Å²) in [7, 11) is -2.49. The normalized spacial score (nSPS) is 13.3. The van der Waals surface area contributed by atoms with Crippen molar-refractivity contribution >= 4 is 43.1 Å². The number of amidine groups is 1. The van der Waals surface area contributed by atoms with E-state index in [0.29, 0.717) is 28.2 Å². The van der Waals surface area contributed by atoms with Gasteiger partial charge < -0.3 is 15.7 Å². The molecule has 1 unspecified atom stereocenters. The van der Waals surface area contributed by atoms with Crippen LogP contribution in [0.25, 0.3) is 0 Å². The SMILES string of the molecule is C=C/C(Br)=C(\N=C(/C)Nc1ccc(C(=O)N=S(C)(C)=O)cc1)NCC(C)O.CCC. The van der Waals surface area contributed by atoms with Crippen LogP contribution < -0.4 is 10.6 Å². The van der Waals surface area contributed by atoms with E-state index >= 15 is 0 Å². The Hall–Kier alpha value is -1.97. The van der Waals surface area contributed by atoms with Crippen LogP contribution in [0.3, 0.4) is 0 Å². The predicted octanol–water partition coefficient (Wildman–Crippen LogP) is 4.52. The first-order valence-electron chi connectivity index (χ1n) is 9.51. The first kappa shape index (κ1) is 28.0. The number of aliphatic hydroxyl groups excluding tert-OH is 1. The van der Waals surface area contributed by atoms with E-state index in [1.807, 2.05) is 0 Å². The van der Waals surface area contributed by atoms with Gasteiger partial charge in [0.2, 0.25) is 0 Å². The van der Waals surface area contributed by atoms with Crippen LogP contribution in [0, 0.1) is 0 Å². The van der Waals surface area contributed by atoms with Crippen molar-refractivity contribution in [1.82, 2.24) is 5.32 Å². The van der Waals surface area contributed by atoms with Gasteiger partial charge in [0.25, 0.3) is 5.91 Å². The van der Waals surface area contributed by atoms with Gasteiger partial charge in [-0.25, -0.2) is 9.20 Å². The van der Waals surface area contributed by atoms with Crippen molar-refractivity contribution in [1.29, 1.82) is 0 Å². The molecule has 0 bridgehead atoms. The van der Waals surface area contributed by atoms with E-state index in [9.17, 15) is 14.1 Å². The number of hydrogen-bond acceptors (Lipinski definition) is 5. The number of nitrogens with one attached hydrogen (secondary N) is 2. The first-order valence-corrected chi connectivity index (χ1v) is 12.6. The number of aliphatic imine (C=N–C) groups is 1. The predicted molar refractivity (Wildman–Crippen MR) is 132 cm³/mol. The molecule has 0 fully saturated rings. The molecule has 1 rings (SSSR count). The minimum absolute atomic E-state index is 0.341. The number of allylic oxidation sites excluding steroid dienone is 2. The highest BCUT2D eigenvalue weighted by molar-refractivity contribution is 9.11. The van der Waals surface area contributed by atoms with Crippen molar-refractivity contribution in [3.63, 3.8) is 0 Å². The minimum Gasteiger partial charge on any atom is -0.392 e. The van der Waals surface area contributed by atoms with Gasteiger partial charge in [0.05, 0.1) is 10.6 Å². The van der Waals surface area contributed by atoms with Gasteiger partial charge in [-0.15, -0.1) is 0 Å². The molecule has 0 aliphatic heterocycles. The maximum absolute atomic E-state index is 11.9. The van der Waals surface area contributed by atoms with Crippen LogP contribution >= 0.6 is 15.9 Å². The fourth-order valence-electron chi connectivity index (χ4n) is 1.87. The van der Waals surface area contributed by atoms with Crippen molar-refractivity contribution < 1.29 is 14.1 Å². The number of halogens is 1. The third-order valence-corrected chi connectivity index (χ3v) is 4.31. The number of carbonyl (C=O) groups is 1. The van der Waals surface area contributed by atoms with Crippen molar-refractivity contribution in [2.45, 2.75) is 40.2 Å². The lowest BCUT2D eigenvalue weighted by atomic mass is 10.2. The Morgan fingerprint density at radius 3 is 2.27 bits per heavy atom. The third kappa shape index (κ3) is 12.6. The van der Waals surface area contributed by atoms with E-state index in [0.717, 1.165) is 5.69 Å². The van der Waals surface area contributed by atoms with E-state index in [4.69, 9.17) is 0 Å². The van der Waals surface area contributed by atoms with Crippen LogP contribution in [0.15, 0.2) is 56.6 Å². The zero-order chi connectivity index (χ0) is 23.3. The highest BCUT2D eigenvalue weighted by atomic mass is 79.9. The van der Waals surface area contributed by atoms with Crippen LogP contribution in [0.5, 0.6) is 0 Å². The molecule has 7 nitrogen and oxygen atoms in total. The van der Waals surface area contributed by atoms with Crippen molar-refractivity contribution in [3.8, 4) is 0 Å². The van der Waals surface area contributed by atoms with Crippen molar-refractivity contribution in [2.75, 3.05) is 24.4 Å². The lowest BCUT2D eigenvalue weighted by molar-refractivity contribution is 0.100. The van der Waals surface area contributed by atoms with E-state index in [1.165, 1.54) is 18.9 Å². The summed E-state index contributed by atoms with van der Waals surface area (Å²) in [6.07, 6.45) is 5.16. The number of benzene rings is 1. The molecule has 1 aromatic carbocycles. The summed E-state index contributed by atoms with van der Waals surface area (Å²) in [4.78, 5) is 16.4. The largest absolute Gasteiger partial charge is 0.392 e. The van der Waals surface area contributed by atoms with Crippen molar-refractivity contribution in [2.24, 2.45) is 9.36 Å². The monoisotopic (exact) mass is 500 g/mol. The summed E-state index contributed by atoms with van der Waals surface area (Å²) in [6.45, 7) is 11.7. The van der Waals surface area contributed by atoms with E-state index in [1.54, 1.807) is 44.2 Å². The maximum atomic E-state index is 11.9. The molecule has 3 N–H and O–H groups in total. The topological polar surface area (TPSA) is 103 Å². The number of nitrogens with zero attached hydrogens (tertiary/aromatic N) is 2. The number of amides is 1. The lowest BCUT2D eigenvalue weighted by Crippen LogP contribution is -2.24. The minimum atomic E-state index is -2.49. The standard InChI is InChI=1S/C18H25BrN4O3S.C3H8/c1-6-16(19)17(20-11-12(2)24)22-13(3)21-15-9-7-14(8-10-15)18(25)23-27(4,5)26;1-3-2/h6-10,12,20,24H,1,11H2,2-5H3,(H,21,22);3H2,1-2H3/b17-16+;. The fourth-order valence-corrected chi connectivity index (χ4v) is 2.61. The Bertz CT molecular complexity index is 876. The van der Waals surface area contributed by atoms with Gasteiger partial charge in [-0.05, 0) is 54.0 Å². The molecule has 0 heterocycles. The summed E-state index contributed by atoms with van der Waals surface area (Å²) in [5, 5.41) is 15.6. The highest BCUT2D eigenvalue weighted by Crippen LogP contribution is 2.14. The average molecular weight is 501 g/mol. The molecular weight excluding hydrogens is 468 g/mol. The summed E-state index contributed by atoms with van der Waals surface area (Å²) < 4.78 is 15.9. The van der Waals surface area contributed by atoms with E-state index in [-0.39, 0.29) is 0 Å². The molecule has 30 heavy (non-hydrogen) atoms. The highest BCUT2D eigenvalue weighted by Gasteiger charge is 2.07. The summed E-state index contributed by atoms with van der Waals surface area (Å²) >= 11 is 3.37. The molecule has 9 heteroatoms. The van der Waals surface area contributed by atoms with Gasteiger partial charge in [-0.3, -0.25) is 4.79 Å². The number of carbonyl (C=O) groups excluding carboxylic acids is 1. The molecule has 0 saturated heterocycles. The zero-order valence-electron chi connectivity index (χ0n) is 18.5. The lowest BCUT2D eigenvalue weighted by Gasteiger charge is -2.12. The molecule has 0 aliphatic rings. The number of anilines is 1. The summed E-state index contributed by atoms with van der Waals surface area (Å²) in [5.41, 5.74) is 1.09. The molecule has 168 valence electrons. The fraction of sp³-hybridized carbons (Fsp3) is 0.429. The Morgan fingerprint density at radius 2 is 1.83 bits per heavy atom. The molecule has 0 spiro atoms. The van der Waals surface area contributed by atoms with E-state index in [2.05, 4.69) is 56.3 Å². The van der Waals surface area contributed by atoms with Gasteiger partial charge in [0, 0.05) is 40.0 Å². The van der Waals surface area contributed by atoms with Gasteiger partial charge in [0.15, 0.2) is 0 Å². The second-order valence-corrected chi connectivity index (χ2v) is 10.2. The quantitative estimate of drug-likeness (QED) is 0.290. The van der Waals surface area contributed by atoms with Gasteiger partial charge in [-0.2, -0.15) is 4.36 Å². The number of aliphatic hydroxyl groups is 1. The van der Waals surface area contributed by atoms with Gasteiger partial charge in [-0.1, -0.05) is 32.9 Å². The zero-order valence-corrected chi connectivity index (χ0v) is 20.9. The van der Waals surface area contributed by atoms with Crippen LogP contribution in [0.4, 0.5) is 5.69 Å². The summed E-state index contributed by atoms with van der Waals surface area (Å²) in [5.74, 6) is 0.613. The van der Waals surface area contributed by atoms with E-state index < -0.39 is 21.7 Å². The molecule has 1 amide bonds. The molecule has 0 aromatic heterocycles. The second-order valence-electron chi connectivity index (χ2n) is 6.81. The number of rotatable bonds is 7. The molecule has 1 aromatic rings. The van der Waals surface area contributed by atoms with Crippen molar-refractivity contribution in [3.05, 3.63) is 52.8 Å². The molecule has 0 saturated carbocycles. The summed E-state index contributed by atoms with van der Waals surface area (Å²) in [6, 6.07) is 6.64. The van der Waals surface area contributed by atoms with Gasteiger partial charge in [0.1, 0.15) is 11.7 Å². The molecular formula is C21H33BrN4O3S. The Labute approximate surface area is 189 Å². The average Bonchev–Trinajstić information content (AvgIpc) is 2.64. The molecule has 0 radical (unpaired) electrons. The Kier molecular flexibility index (Phi) is 13.2. The maximum Gasteiger partial charge on any atom is 0.285 e. The van der Waals surface area contributed by atoms with Gasteiger partial charge >= 0.3 is 0 Å². The van der Waals surface area contributed by atoms with Crippen LogP contribution in [0.2, 0.25) is 0 Å². The van der Waals surface area contributed by atoms with Crippen LogP contribution in [0.1, 0.15) is 44.5 Å². The Morgan fingerprint density at radius 1 is 1.30 bits per heavy atom. The number of hydrogen-bond donors (Lipinski definition) is 3. The third-order valence-electron chi connectivity index (χ3n) is 3.01. The second kappa shape index (κ2) is 14.1. The first-order chi connectivity index (χ1) is 13.9. The Balaban J connectivity index is 0.00000263. The molecule has 0 aliphatic carbocycles. The van der Waals surface area contributed by atoms with Crippen LogP contribution in [-0.4, -0.2) is 46.2 Å².